The Bertz CT molecular complexity index is 247. The largest absolute Gasteiger partial charge is 0.387 e. The molecule has 0 saturated heterocycles. The van der Waals surface area contributed by atoms with Crippen molar-refractivity contribution >= 4 is 12.1 Å². The summed E-state index contributed by atoms with van der Waals surface area (Å²) in [7, 11) is 0. The summed E-state index contributed by atoms with van der Waals surface area (Å²) in [4.78, 5) is 20.9. The summed E-state index contributed by atoms with van der Waals surface area (Å²) in [5, 5.41) is 45.5. The zero-order valence-electron chi connectivity index (χ0n) is 8.72. The summed E-state index contributed by atoms with van der Waals surface area (Å²) in [6.07, 6.45) is -10.3. The van der Waals surface area contributed by atoms with Crippen LogP contribution in [0.4, 0.5) is 0 Å². The standard InChI is InChI=1S/C8H14O7/c1-3(10)5(12)7(14)8(15)6(13)4(11)2-9/h2,4-8,11-15H,1H3/t4-,5?,6+,7+,8-/m0/s1/i1D. The maximum absolute atomic E-state index is 10.8. The SMILES string of the molecule is [2H]CC(=O)C(O)[C@@H](O)[C@@H](O)[C@H](O)[C@@H](O)C=O. The molecular formula is C8H14O7. The molecule has 5 N–H and O–H groups in total. The first-order valence-electron chi connectivity index (χ1n) is 4.75. The number of aliphatic hydroxyl groups is 5. The van der Waals surface area contributed by atoms with Crippen molar-refractivity contribution in [1.82, 2.24) is 0 Å². The number of carbonyl (C=O) groups is 2. The molecule has 0 spiro atoms. The second-order valence-electron chi connectivity index (χ2n) is 3.01. The predicted octanol–water partition coefficient (Wildman–Crippen LogP) is -3.42. The van der Waals surface area contributed by atoms with E-state index in [1.165, 1.54) is 0 Å². The molecule has 5 atom stereocenters. The predicted molar refractivity (Wildman–Crippen MR) is 46.8 cm³/mol. The summed E-state index contributed by atoms with van der Waals surface area (Å²) < 4.78 is 6.63. The molecule has 0 radical (unpaired) electrons. The van der Waals surface area contributed by atoms with Crippen LogP contribution in [-0.4, -0.2) is 68.1 Å². The molecule has 0 heterocycles. The van der Waals surface area contributed by atoms with E-state index >= 15 is 0 Å². The Kier molecular flexibility index (Phi) is 4.79. The topological polar surface area (TPSA) is 135 Å². The Labute approximate surface area is 87.0 Å². The lowest BCUT2D eigenvalue weighted by Gasteiger charge is -2.26. The quantitative estimate of drug-likeness (QED) is 0.296. The number of ketones is 1. The van der Waals surface area contributed by atoms with Crippen molar-refractivity contribution in [1.29, 1.82) is 0 Å². The van der Waals surface area contributed by atoms with Crippen LogP contribution in [0.3, 0.4) is 0 Å². The maximum Gasteiger partial charge on any atom is 0.160 e. The molecular weight excluding hydrogens is 208 g/mol. The van der Waals surface area contributed by atoms with E-state index < -0.39 is 43.2 Å². The fourth-order valence-electron chi connectivity index (χ4n) is 0.862. The van der Waals surface area contributed by atoms with Crippen molar-refractivity contribution < 1.29 is 36.5 Å². The molecule has 0 rings (SSSR count). The Morgan fingerprint density at radius 1 is 1.13 bits per heavy atom. The zero-order chi connectivity index (χ0) is 12.9. The van der Waals surface area contributed by atoms with Crippen LogP contribution in [0, 0.1) is 0 Å². The van der Waals surface area contributed by atoms with Gasteiger partial charge in [-0.3, -0.25) is 4.79 Å². The summed E-state index contributed by atoms with van der Waals surface area (Å²) in [5.74, 6) is -1.06. The molecule has 15 heavy (non-hydrogen) atoms. The van der Waals surface area contributed by atoms with E-state index in [9.17, 15) is 19.8 Å². The van der Waals surface area contributed by atoms with Crippen LogP contribution in [0.5, 0.6) is 0 Å². The van der Waals surface area contributed by atoms with E-state index in [-0.39, 0.29) is 6.29 Å². The van der Waals surface area contributed by atoms with Crippen LogP contribution < -0.4 is 0 Å². The molecule has 0 aromatic heterocycles. The number of hydrogen-bond acceptors (Lipinski definition) is 7. The van der Waals surface area contributed by atoms with Gasteiger partial charge in [0.05, 0.1) is 0 Å². The Balaban J connectivity index is 4.53. The maximum atomic E-state index is 10.8. The van der Waals surface area contributed by atoms with E-state index in [1.54, 1.807) is 0 Å². The number of rotatable bonds is 6. The van der Waals surface area contributed by atoms with Crippen LogP contribution in [0.2, 0.25) is 0 Å². The summed E-state index contributed by atoms with van der Waals surface area (Å²) in [6.45, 7) is -0.808. The van der Waals surface area contributed by atoms with Crippen molar-refractivity contribution in [2.75, 3.05) is 0 Å². The smallest absolute Gasteiger partial charge is 0.160 e. The molecule has 0 aromatic carbocycles. The Hall–Kier alpha value is -0.860. The third-order valence-electron chi connectivity index (χ3n) is 1.84. The monoisotopic (exact) mass is 223 g/mol. The van der Waals surface area contributed by atoms with Gasteiger partial charge in [0, 0.05) is 1.37 Å². The Morgan fingerprint density at radius 3 is 2.07 bits per heavy atom. The fraction of sp³-hybridized carbons (Fsp3) is 0.750. The lowest BCUT2D eigenvalue weighted by Crippen LogP contribution is -2.51. The third kappa shape index (κ3) is 3.65. The number of aldehydes is 1. The lowest BCUT2D eigenvalue weighted by atomic mass is 9.98. The van der Waals surface area contributed by atoms with Crippen LogP contribution in [-0.2, 0) is 9.59 Å². The van der Waals surface area contributed by atoms with E-state index in [4.69, 9.17) is 16.7 Å². The highest BCUT2D eigenvalue weighted by Gasteiger charge is 2.35. The van der Waals surface area contributed by atoms with Gasteiger partial charge in [0.25, 0.3) is 0 Å². The molecule has 1 unspecified atom stereocenters. The third-order valence-corrected chi connectivity index (χ3v) is 1.84. The van der Waals surface area contributed by atoms with E-state index in [2.05, 4.69) is 0 Å². The first-order chi connectivity index (χ1) is 7.36. The molecule has 0 aromatic rings. The van der Waals surface area contributed by atoms with Crippen molar-refractivity contribution in [2.24, 2.45) is 0 Å². The summed E-state index contributed by atoms with van der Waals surface area (Å²) in [6, 6.07) is 0. The number of aliphatic hydroxyl groups excluding tert-OH is 5. The Morgan fingerprint density at radius 2 is 1.67 bits per heavy atom. The van der Waals surface area contributed by atoms with Gasteiger partial charge in [-0.15, -0.1) is 0 Å². The molecule has 0 amide bonds. The minimum Gasteiger partial charge on any atom is -0.387 e. The van der Waals surface area contributed by atoms with Gasteiger partial charge in [-0.1, -0.05) is 0 Å². The van der Waals surface area contributed by atoms with Crippen LogP contribution >= 0.6 is 0 Å². The molecule has 0 aliphatic heterocycles. The van der Waals surface area contributed by atoms with Crippen molar-refractivity contribution in [2.45, 2.75) is 37.4 Å². The van der Waals surface area contributed by atoms with Gasteiger partial charge in [0.2, 0.25) is 0 Å². The van der Waals surface area contributed by atoms with E-state index in [0.29, 0.717) is 0 Å². The van der Waals surface area contributed by atoms with Gasteiger partial charge in [-0.2, -0.15) is 0 Å². The second-order valence-corrected chi connectivity index (χ2v) is 3.01. The first-order valence-corrected chi connectivity index (χ1v) is 4.04. The van der Waals surface area contributed by atoms with E-state index in [1.807, 2.05) is 0 Å². The molecule has 7 heteroatoms. The minimum atomic E-state index is -2.08. The van der Waals surface area contributed by atoms with Gasteiger partial charge < -0.3 is 30.3 Å². The van der Waals surface area contributed by atoms with E-state index in [0.717, 1.165) is 0 Å². The van der Waals surface area contributed by atoms with Crippen molar-refractivity contribution in [3.63, 3.8) is 0 Å². The van der Waals surface area contributed by atoms with Gasteiger partial charge >= 0.3 is 0 Å². The normalized spacial score (nSPS) is 22.1. The highest BCUT2D eigenvalue weighted by molar-refractivity contribution is 5.80. The average Bonchev–Trinajstić information content (AvgIpc) is 2.32. The minimum absolute atomic E-state index is 0.0701. The lowest BCUT2D eigenvalue weighted by molar-refractivity contribution is -0.153. The van der Waals surface area contributed by atoms with Gasteiger partial charge in [-0.25, -0.2) is 0 Å². The molecule has 88 valence electrons. The highest BCUT2D eigenvalue weighted by atomic mass is 16.4. The summed E-state index contributed by atoms with van der Waals surface area (Å²) >= 11 is 0. The molecule has 0 fully saturated rings. The van der Waals surface area contributed by atoms with Crippen LogP contribution in [0.1, 0.15) is 8.27 Å². The fourth-order valence-corrected chi connectivity index (χ4v) is 0.862. The van der Waals surface area contributed by atoms with Crippen molar-refractivity contribution in [3.05, 3.63) is 0 Å². The van der Waals surface area contributed by atoms with Crippen LogP contribution in [0.15, 0.2) is 0 Å². The number of hydrogen-bond donors (Lipinski definition) is 5. The molecule has 7 nitrogen and oxygen atoms in total. The number of Topliss-reactive ketones (excluding diaryl/α,β-unsaturated/α-hetero) is 1. The second kappa shape index (κ2) is 5.89. The molecule has 0 aliphatic rings. The zero-order valence-corrected chi connectivity index (χ0v) is 7.72. The summed E-state index contributed by atoms with van der Waals surface area (Å²) in [5.41, 5.74) is 0. The number of carbonyl (C=O) groups excluding carboxylic acids is 2. The van der Waals surface area contributed by atoms with Crippen molar-refractivity contribution in [3.8, 4) is 0 Å². The van der Waals surface area contributed by atoms with Gasteiger partial charge in [0.15, 0.2) is 12.1 Å². The van der Waals surface area contributed by atoms with Gasteiger partial charge in [-0.05, 0) is 6.90 Å². The first kappa shape index (κ1) is 12.2. The average molecular weight is 223 g/mol. The highest BCUT2D eigenvalue weighted by Crippen LogP contribution is 2.08. The van der Waals surface area contributed by atoms with Gasteiger partial charge in [0.1, 0.15) is 30.5 Å². The van der Waals surface area contributed by atoms with Crippen LogP contribution in [0.25, 0.3) is 0 Å². The molecule has 0 saturated carbocycles. The molecule has 0 bridgehead atoms. The molecule has 0 aliphatic carbocycles.